The first-order chi connectivity index (χ1) is 18.1. The summed E-state index contributed by atoms with van der Waals surface area (Å²) < 4.78 is 16.5. The van der Waals surface area contributed by atoms with E-state index in [-0.39, 0.29) is 30.6 Å². The molecular formula is C30H33ClN2O5. The van der Waals surface area contributed by atoms with E-state index < -0.39 is 0 Å². The number of piperidine rings is 3. The summed E-state index contributed by atoms with van der Waals surface area (Å²) in [5.41, 5.74) is 3.68. The van der Waals surface area contributed by atoms with Crippen LogP contribution in [-0.4, -0.2) is 49.8 Å². The van der Waals surface area contributed by atoms with Crippen molar-refractivity contribution in [1.82, 2.24) is 10.2 Å². The van der Waals surface area contributed by atoms with Crippen LogP contribution < -0.4 is 10.1 Å². The van der Waals surface area contributed by atoms with Crippen molar-refractivity contribution >= 4 is 24.5 Å². The first kappa shape index (κ1) is 27.5. The van der Waals surface area contributed by atoms with Gasteiger partial charge in [-0.1, -0.05) is 54.6 Å². The molecule has 3 saturated heterocycles. The molecule has 4 atom stereocenters. The Morgan fingerprint density at radius 3 is 2.47 bits per heavy atom. The Morgan fingerprint density at radius 1 is 0.947 bits per heavy atom. The molecule has 3 aliphatic rings. The van der Waals surface area contributed by atoms with Crippen LogP contribution in [0.5, 0.6) is 5.75 Å². The number of rotatable bonds is 8. The van der Waals surface area contributed by atoms with E-state index in [2.05, 4.69) is 34.5 Å². The van der Waals surface area contributed by atoms with Gasteiger partial charge in [0.1, 0.15) is 18.5 Å². The fraction of sp³-hybridized carbons (Fsp3) is 0.333. The Kier molecular flexibility index (Phi) is 9.26. The lowest BCUT2D eigenvalue weighted by atomic mass is 9.74. The number of alkyl carbamates (subject to hydrolysis) is 1. The first-order valence-electron chi connectivity index (χ1n) is 12.7. The van der Waals surface area contributed by atoms with Crippen LogP contribution in [0.25, 0.3) is 0 Å². The molecule has 3 fully saturated rings. The standard InChI is InChI=1S/C30H32N2O5.ClH/c1-35-29(33)24-12-10-21(11-13-24)20-36-25-9-5-6-22(16-25)17-31-30(34)37-28-19-32-15-14-26(28)27(18-32)23-7-3-2-4-8-23;/h2-13,16,26-28H,14-15,17-20H2,1H3,(H,31,34);1H/t26?,27?,28-;/m0./s1. The number of hydrogen-bond acceptors (Lipinski definition) is 6. The van der Waals surface area contributed by atoms with Crippen molar-refractivity contribution in [1.29, 1.82) is 0 Å². The molecule has 0 saturated carbocycles. The molecule has 200 valence electrons. The zero-order valence-corrected chi connectivity index (χ0v) is 22.2. The SMILES string of the molecule is COC(=O)c1ccc(COc2cccc(CNC(=O)O[C@H]3CN4CCC3C(c3ccccc3)C4)c2)cc1.Cl. The van der Waals surface area contributed by atoms with E-state index in [0.29, 0.717) is 36.3 Å². The lowest BCUT2D eigenvalue weighted by molar-refractivity contribution is -0.0459. The molecule has 3 aromatic rings. The van der Waals surface area contributed by atoms with Crippen LogP contribution >= 0.6 is 12.4 Å². The first-order valence-corrected chi connectivity index (χ1v) is 12.7. The molecule has 3 aromatic carbocycles. The second-order valence-electron chi connectivity index (χ2n) is 9.65. The Labute approximate surface area is 229 Å². The number of hydrogen-bond donors (Lipinski definition) is 1. The van der Waals surface area contributed by atoms with Gasteiger partial charge in [-0.25, -0.2) is 9.59 Å². The summed E-state index contributed by atoms with van der Waals surface area (Å²) in [6.45, 7) is 3.61. The number of carbonyl (C=O) groups is 2. The topological polar surface area (TPSA) is 77.1 Å². The summed E-state index contributed by atoms with van der Waals surface area (Å²) >= 11 is 0. The average Bonchev–Trinajstić information content (AvgIpc) is 2.96. The molecule has 7 nitrogen and oxygen atoms in total. The third-order valence-corrected chi connectivity index (χ3v) is 7.27. The molecule has 1 N–H and O–H groups in total. The maximum atomic E-state index is 12.7. The van der Waals surface area contributed by atoms with E-state index in [4.69, 9.17) is 14.2 Å². The third kappa shape index (κ3) is 6.65. The van der Waals surface area contributed by atoms with Crippen LogP contribution in [0.3, 0.4) is 0 Å². The molecule has 38 heavy (non-hydrogen) atoms. The molecule has 0 aliphatic carbocycles. The maximum absolute atomic E-state index is 12.7. The van der Waals surface area contributed by atoms with E-state index in [1.807, 2.05) is 42.5 Å². The van der Waals surface area contributed by atoms with Crippen LogP contribution in [0.15, 0.2) is 78.9 Å². The Morgan fingerprint density at radius 2 is 1.74 bits per heavy atom. The van der Waals surface area contributed by atoms with Crippen molar-refractivity contribution in [2.24, 2.45) is 5.92 Å². The van der Waals surface area contributed by atoms with Crippen LogP contribution in [0, 0.1) is 5.92 Å². The van der Waals surface area contributed by atoms with Gasteiger partial charge in [0.2, 0.25) is 0 Å². The number of nitrogens with zero attached hydrogens (tertiary/aromatic N) is 1. The Hall–Kier alpha value is -3.55. The highest BCUT2D eigenvalue weighted by Crippen LogP contribution is 2.40. The van der Waals surface area contributed by atoms with Gasteiger partial charge >= 0.3 is 12.1 Å². The molecule has 3 heterocycles. The maximum Gasteiger partial charge on any atom is 0.407 e. The van der Waals surface area contributed by atoms with Crippen LogP contribution in [0.2, 0.25) is 0 Å². The second-order valence-corrected chi connectivity index (χ2v) is 9.65. The van der Waals surface area contributed by atoms with Gasteiger partial charge in [-0.15, -0.1) is 12.4 Å². The Bertz CT molecular complexity index is 1220. The highest BCUT2D eigenvalue weighted by molar-refractivity contribution is 5.89. The number of methoxy groups -OCH3 is 1. The lowest BCUT2D eigenvalue weighted by Crippen LogP contribution is -2.56. The minimum Gasteiger partial charge on any atom is -0.489 e. The summed E-state index contributed by atoms with van der Waals surface area (Å²) in [5.74, 6) is 1.08. The summed E-state index contributed by atoms with van der Waals surface area (Å²) in [5, 5.41) is 2.90. The zero-order valence-electron chi connectivity index (χ0n) is 21.4. The second kappa shape index (κ2) is 12.8. The number of ether oxygens (including phenoxy) is 3. The van der Waals surface area contributed by atoms with E-state index >= 15 is 0 Å². The van der Waals surface area contributed by atoms with Gasteiger partial charge < -0.3 is 19.5 Å². The van der Waals surface area contributed by atoms with Crippen molar-refractivity contribution < 1.29 is 23.8 Å². The molecule has 3 aliphatic heterocycles. The number of nitrogens with one attached hydrogen (secondary N) is 1. The minimum atomic E-state index is -0.387. The summed E-state index contributed by atoms with van der Waals surface area (Å²) in [6, 6.07) is 25.3. The molecule has 2 bridgehead atoms. The highest BCUT2D eigenvalue weighted by atomic mass is 35.5. The van der Waals surface area contributed by atoms with Crippen LogP contribution in [0.4, 0.5) is 4.79 Å². The lowest BCUT2D eigenvalue weighted by Gasteiger charge is -2.49. The summed E-state index contributed by atoms with van der Waals surface area (Å²) in [4.78, 5) is 26.7. The van der Waals surface area contributed by atoms with E-state index in [1.54, 1.807) is 12.1 Å². The zero-order chi connectivity index (χ0) is 25.6. The summed E-state index contributed by atoms with van der Waals surface area (Å²) in [7, 11) is 1.36. The highest BCUT2D eigenvalue weighted by Gasteiger charge is 2.43. The van der Waals surface area contributed by atoms with Crippen LogP contribution in [-0.2, 0) is 22.6 Å². The van der Waals surface area contributed by atoms with E-state index in [1.165, 1.54) is 12.7 Å². The van der Waals surface area contributed by atoms with Crippen molar-refractivity contribution in [3.05, 3.63) is 101 Å². The Balaban J connectivity index is 0.00000336. The summed E-state index contributed by atoms with van der Waals surface area (Å²) in [6.07, 6.45) is 0.554. The number of benzene rings is 3. The monoisotopic (exact) mass is 536 g/mol. The predicted molar refractivity (Wildman–Crippen MR) is 147 cm³/mol. The number of halogens is 1. The number of amides is 1. The predicted octanol–water partition coefficient (Wildman–Crippen LogP) is 5.19. The largest absolute Gasteiger partial charge is 0.489 e. The minimum absolute atomic E-state index is 0. The quantitative estimate of drug-likeness (QED) is 0.399. The van der Waals surface area contributed by atoms with Gasteiger partial charge in [0.25, 0.3) is 0 Å². The average molecular weight is 537 g/mol. The molecule has 3 unspecified atom stereocenters. The van der Waals surface area contributed by atoms with Gasteiger partial charge in [0, 0.05) is 31.5 Å². The van der Waals surface area contributed by atoms with Crippen molar-refractivity contribution in [2.45, 2.75) is 31.6 Å². The number of carbonyl (C=O) groups excluding carboxylic acids is 2. The third-order valence-electron chi connectivity index (χ3n) is 7.27. The van der Waals surface area contributed by atoms with Gasteiger partial charge in [-0.05, 0) is 53.9 Å². The fourth-order valence-electron chi connectivity index (χ4n) is 5.34. The van der Waals surface area contributed by atoms with Crippen molar-refractivity contribution in [3.8, 4) is 5.75 Å². The van der Waals surface area contributed by atoms with Crippen molar-refractivity contribution in [2.75, 3.05) is 26.7 Å². The smallest absolute Gasteiger partial charge is 0.407 e. The van der Waals surface area contributed by atoms with Gasteiger partial charge in [-0.3, -0.25) is 4.90 Å². The fourth-order valence-corrected chi connectivity index (χ4v) is 5.34. The van der Waals surface area contributed by atoms with Crippen molar-refractivity contribution in [3.63, 3.8) is 0 Å². The van der Waals surface area contributed by atoms with Gasteiger partial charge in [0.15, 0.2) is 0 Å². The molecule has 0 spiro atoms. The number of fused-ring (bicyclic) bond motifs is 3. The molecule has 8 heteroatoms. The normalized spacial score (nSPS) is 21.6. The molecule has 0 radical (unpaired) electrons. The molecular weight excluding hydrogens is 504 g/mol. The molecule has 1 amide bonds. The molecule has 6 rings (SSSR count). The molecule has 0 aromatic heterocycles. The number of esters is 1. The van der Waals surface area contributed by atoms with Crippen LogP contribution in [0.1, 0.15) is 39.4 Å². The van der Waals surface area contributed by atoms with E-state index in [0.717, 1.165) is 37.2 Å². The van der Waals surface area contributed by atoms with E-state index in [9.17, 15) is 9.59 Å². The van der Waals surface area contributed by atoms with Gasteiger partial charge in [-0.2, -0.15) is 0 Å². The van der Waals surface area contributed by atoms with Gasteiger partial charge in [0.05, 0.1) is 12.7 Å².